The summed E-state index contributed by atoms with van der Waals surface area (Å²) in [6, 6.07) is -1.75. The van der Waals surface area contributed by atoms with Crippen molar-refractivity contribution in [2.24, 2.45) is 16.6 Å². The third-order valence-corrected chi connectivity index (χ3v) is 3.64. The maximum atomic E-state index is 12.7. The zero-order chi connectivity index (χ0) is 19.4. The number of nitrogens with one attached hydrogen (secondary N) is 2. The summed E-state index contributed by atoms with van der Waals surface area (Å²) in [7, 11) is 0. The molecule has 2 unspecified atom stereocenters. The first-order chi connectivity index (χ1) is 11.3. The van der Waals surface area contributed by atoms with E-state index in [0.717, 1.165) is 0 Å². The summed E-state index contributed by atoms with van der Waals surface area (Å²) in [6.07, 6.45) is 4.16. The summed E-state index contributed by atoms with van der Waals surface area (Å²) in [5.41, 5.74) is 4.37. The number of primary amides is 1. The van der Waals surface area contributed by atoms with Crippen LogP contribution in [0.5, 0.6) is 0 Å². The van der Waals surface area contributed by atoms with E-state index in [9.17, 15) is 14.4 Å². The van der Waals surface area contributed by atoms with Crippen LogP contribution in [0, 0.1) is 10.8 Å². The highest BCUT2D eigenvalue weighted by molar-refractivity contribution is 5.97. The number of nitrogens with two attached hydrogens (primary N) is 1. The normalized spacial score (nSPS) is 14.3. The molecule has 1 aromatic rings. The van der Waals surface area contributed by atoms with Gasteiger partial charge in [0.2, 0.25) is 11.8 Å². The molecule has 25 heavy (non-hydrogen) atoms. The Morgan fingerprint density at radius 2 is 1.52 bits per heavy atom. The van der Waals surface area contributed by atoms with Gasteiger partial charge in [-0.15, -0.1) is 0 Å². The minimum Gasteiger partial charge on any atom is -0.368 e. The highest BCUT2D eigenvalue weighted by atomic mass is 16.2. The Morgan fingerprint density at radius 1 is 0.960 bits per heavy atom. The molecule has 138 valence electrons. The Labute approximate surface area is 148 Å². The van der Waals surface area contributed by atoms with Crippen LogP contribution in [0.15, 0.2) is 18.6 Å². The van der Waals surface area contributed by atoms with E-state index in [4.69, 9.17) is 5.73 Å². The summed E-state index contributed by atoms with van der Waals surface area (Å²) < 4.78 is 0. The summed E-state index contributed by atoms with van der Waals surface area (Å²) in [5.74, 6) is -1.63. The van der Waals surface area contributed by atoms with Crippen LogP contribution in [0.2, 0.25) is 0 Å². The first-order valence-electron chi connectivity index (χ1n) is 8.00. The van der Waals surface area contributed by atoms with Gasteiger partial charge in [-0.05, 0) is 10.8 Å². The van der Waals surface area contributed by atoms with Crippen molar-refractivity contribution in [3.63, 3.8) is 0 Å². The Bertz CT molecular complexity index is 632. The van der Waals surface area contributed by atoms with Gasteiger partial charge in [0.1, 0.15) is 17.8 Å². The van der Waals surface area contributed by atoms with Gasteiger partial charge in [0.15, 0.2) is 0 Å². The molecule has 8 nitrogen and oxygen atoms in total. The smallest absolute Gasteiger partial charge is 0.272 e. The van der Waals surface area contributed by atoms with Crippen LogP contribution in [0.25, 0.3) is 0 Å². The predicted molar refractivity (Wildman–Crippen MR) is 93.3 cm³/mol. The summed E-state index contributed by atoms with van der Waals surface area (Å²) in [5, 5.41) is 5.32. The molecule has 0 aliphatic rings. The monoisotopic (exact) mass is 349 g/mol. The fourth-order valence-corrected chi connectivity index (χ4v) is 2.24. The van der Waals surface area contributed by atoms with Crippen LogP contribution in [-0.2, 0) is 9.59 Å². The van der Waals surface area contributed by atoms with Crippen LogP contribution in [-0.4, -0.2) is 39.8 Å². The molecule has 4 N–H and O–H groups in total. The average Bonchev–Trinajstić information content (AvgIpc) is 2.48. The van der Waals surface area contributed by atoms with Gasteiger partial charge in [-0.1, -0.05) is 41.5 Å². The van der Waals surface area contributed by atoms with E-state index >= 15 is 0 Å². The average molecular weight is 349 g/mol. The second-order valence-corrected chi connectivity index (χ2v) is 8.07. The molecule has 0 aromatic carbocycles. The number of nitrogens with zero attached hydrogens (tertiary/aromatic N) is 2. The minimum absolute atomic E-state index is 0.104. The van der Waals surface area contributed by atoms with Gasteiger partial charge in [0.05, 0.1) is 6.20 Å². The van der Waals surface area contributed by atoms with Crippen molar-refractivity contribution >= 4 is 17.7 Å². The fourth-order valence-electron chi connectivity index (χ4n) is 2.24. The van der Waals surface area contributed by atoms with Gasteiger partial charge in [-0.25, -0.2) is 4.98 Å². The number of carbonyl (C=O) groups is 3. The molecule has 1 aromatic heterocycles. The standard InChI is InChI=1S/C17H27N5O3/c1-16(2,3)11(13(18)23)21-15(25)12(17(4,5)6)22-14(24)10-9-19-7-8-20-10/h7-9,11-12H,1-6H3,(H2,18,23)(H,21,25)(H,22,24). The Morgan fingerprint density at radius 3 is 1.92 bits per heavy atom. The number of aromatic nitrogens is 2. The SMILES string of the molecule is CC(C)(C)C(NC(=O)C(NC(=O)c1cnccn1)C(C)(C)C)C(N)=O. The van der Waals surface area contributed by atoms with Gasteiger partial charge in [0, 0.05) is 12.4 Å². The minimum atomic E-state index is -0.883. The van der Waals surface area contributed by atoms with Crippen molar-refractivity contribution in [2.75, 3.05) is 0 Å². The van der Waals surface area contributed by atoms with Crippen molar-refractivity contribution < 1.29 is 14.4 Å². The third kappa shape index (κ3) is 5.81. The number of amides is 3. The van der Waals surface area contributed by atoms with Crippen LogP contribution in [0.1, 0.15) is 52.0 Å². The lowest BCUT2D eigenvalue weighted by atomic mass is 9.83. The fraction of sp³-hybridized carbons (Fsp3) is 0.588. The highest BCUT2D eigenvalue weighted by Gasteiger charge is 2.38. The Kier molecular flexibility index (Phi) is 6.23. The zero-order valence-electron chi connectivity index (χ0n) is 15.6. The van der Waals surface area contributed by atoms with Gasteiger partial charge in [0.25, 0.3) is 5.91 Å². The van der Waals surface area contributed by atoms with Crippen molar-refractivity contribution in [2.45, 2.75) is 53.6 Å². The van der Waals surface area contributed by atoms with Gasteiger partial charge < -0.3 is 16.4 Å². The molecule has 0 saturated carbocycles. The molecule has 2 atom stereocenters. The molecule has 0 aliphatic carbocycles. The molecule has 0 radical (unpaired) electrons. The molecule has 8 heteroatoms. The van der Waals surface area contributed by atoms with Crippen molar-refractivity contribution in [3.05, 3.63) is 24.3 Å². The molecule has 0 saturated heterocycles. The first-order valence-corrected chi connectivity index (χ1v) is 8.00. The second-order valence-electron chi connectivity index (χ2n) is 8.07. The lowest BCUT2D eigenvalue weighted by Crippen LogP contribution is -2.60. The van der Waals surface area contributed by atoms with E-state index in [0.29, 0.717) is 0 Å². The molecule has 1 rings (SSSR count). The third-order valence-electron chi connectivity index (χ3n) is 3.64. The Balaban J connectivity index is 3.01. The molecular weight excluding hydrogens is 322 g/mol. The summed E-state index contributed by atoms with van der Waals surface area (Å²) >= 11 is 0. The Hall–Kier alpha value is -2.51. The van der Waals surface area contributed by atoms with Gasteiger partial charge in [-0.2, -0.15) is 0 Å². The summed E-state index contributed by atoms with van der Waals surface area (Å²) in [4.78, 5) is 44.5. The van der Waals surface area contributed by atoms with Crippen molar-refractivity contribution in [1.82, 2.24) is 20.6 Å². The quantitative estimate of drug-likeness (QED) is 0.719. The molecule has 0 bridgehead atoms. The van der Waals surface area contributed by atoms with Crippen LogP contribution in [0.4, 0.5) is 0 Å². The molecular formula is C17H27N5O3. The molecule has 0 fully saturated rings. The highest BCUT2D eigenvalue weighted by Crippen LogP contribution is 2.23. The first kappa shape index (κ1) is 20.5. The maximum absolute atomic E-state index is 12.7. The molecule has 0 aliphatic heterocycles. The van der Waals surface area contributed by atoms with Crippen molar-refractivity contribution in [1.29, 1.82) is 0 Å². The zero-order valence-corrected chi connectivity index (χ0v) is 15.6. The van der Waals surface area contributed by atoms with E-state index in [1.807, 2.05) is 20.8 Å². The molecule has 3 amide bonds. The summed E-state index contributed by atoms with van der Waals surface area (Å²) in [6.45, 7) is 10.8. The predicted octanol–water partition coefficient (Wildman–Crippen LogP) is 0.637. The van der Waals surface area contributed by atoms with Crippen molar-refractivity contribution in [3.8, 4) is 0 Å². The molecule has 0 spiro atoms. The maximum Gasteiger partial charge on any atom is 0.272 e. The van der Waals surface area contributed by atoms with Gasteiger partial charge >= 0.3 is 0 Å². The van der Waals surface area contributed by atoms with E-state index in [2.05, 4.69) is 20.6 Å². The van der Waals surface area contributed by atoms with E-state index in [-0.39, 0.29) is 5.69 Å². The van der Waals surface area contributed by atoms with E-state index in [1.165, 1.54) is 18.6 Å². The second kappa shape index (κ2) is 7.58. The van der Waals surface area contributed by atoms with Crippen LogP contribution in [0.3, 0.4) is 0 Å². The van der Waals surface area contributed by atoms with Crippen LogP contribution < -0.4 is 16.4 Å². The topological polar surface area (TPSA) is 127 Å². The van der Waals surface area contributed by atoms with E-state index in [1.54, 1.807) is 20.8 Å². The largest absolute Gasteiger partial charge is 0.368 e. The lowest BCUT2D eigenvalue weighted by Gasteiger charge is -2.34. The molecule has 1 heterocycles. The number of rotatable bonds is 5. The van der Waals surface area contributed by atoms with E-state index < -0.39 is 40.6 Å². The van der Waals surface area contributed by atoms with Crippen LogP contribution >= 0.6 is 0 Å². The number of hydrogen-bond donors (Lipinski definition) is 3. The van der Waals surface area contributed by atoms with Gasteiger partial charge in [-0.3, -0.25) is 19.4 Å². The number of hydrogen-bond acceptors (Lipinski definition) is 5. The lowest BCUT2D eigenvalue weighted by molar-refractivity contribution is -0.132. The number of carbonyl (C=O) groups excluding carboxylic acids is 3.